The first-order valence-electron chi connectivity index (χ1n) is 10.5. The zero-order valence-corrected chi connectivity index (χ0v) is 18.3. The van der Waals surface area contributed by atoms with E-state index in [0.29, 0.717) is 24.2 Å². The summed E-state index contributed by atoms with van der Waals surface area (Å²) < 4.78 is 104. The monoisotopic (exact) mass is 520 g/mol. The number of nitrogens with zero attached hydrogens (tertiary/aromatic N) is 2. The molecule has 1 saturated heterocycles. The van der Waals surface area contributed by atoms with E-state index in [1.807, 2.05) is 0 Å². The van der Waals surface area contributed by atoms with Gasteiger partial charge in [-0.25, -0.2) is 14.3 Å². The van der Waals surface area contributed by atoms with E-state index in [9.17, 15) is 35.5 Å². The van der Waals surface area contributed by atoms with E-state index >= 15 is 0 Å². The van der Waals surface area contributed by atoms with Crippen molar-refractivity contribution in [2.75, 3.05) is 13.2 Å². The molecule has 3 aromatic rings. The standard InChI is InChI=1S/C22H19F7N4O3/c23-16-3-1-13(2-4-16)18-19(35-6-5-33(18)10-17-30-20(34)32-31-17)36-11-12-7-14(21(24,25)26)9-15(8-12)22(27,28)29/h1-4,7-9,18-19H,5-6,10-11H2,(H2,30,31,32,34). The van der Waals surface area contributed by atoms with Gasteiger partial charge in [-0.1, -0.05) is 12.1 Å². The maximum Gasteiger partial charge on any atom is 0.416 e. The highest BCUT2D eigenvalue weighted by Crippen LogP contribution is 2.37. The van der Waals surface area contributed by atoms with Gasteiger partial charge in [-0.3, -0.25) is 9.88 Å². The van der Waals surface area contributed by atoms with Crippen LogP contribution in [0.3, 0.4) is 0 Å². The molecule has 0 radical (unpaired) electrons. The quantitative estimate of drug-likeness (QED) is 0.472. The van der Waals surface area contributed by atoms with Crippen molar-refractivity contribution in [3.63, 3.8) is 0 Å². The minimum atomic E-state index is -4.99. The lowest BCUT2D eigenvalue weighted by Gasteiger charge is -2.40. The van der Waals surface area contributed by atoms with Crippen molar-refractivity contribution < 1.29 is 40.2 Å². The highest BCUT2D eigenvalue weighted by Gasteiger charge is 2.38. The number of aromatic amines is 2. The molecule has 0 bridgehead atoms. The van der Waals surface area contributed by atoms with Crippen LogP contribution < -0.4 is 5.69 Å². The molecular formula is C22H19F7N4O3. The molecule has 0 amide bonds. The fraction of sp³-hybridized carbons (Fsp3) is 0.364. The third-order valence-corrected chi connectivity index (χ3v) is 5.49. The molecule has 1 aliphatic rings. The van der Waals surface area contributed by atoms with Gasteiger partial charge in [0.25, 0.3) is 0 Å². The van der Waals surface area contributed by atoms with Crippen molar-refractivity contribution in [2.24, 2.45) is 0 Å². The number of morpholine rings is 1. The summed E-state index contributed by atoms with van der Waals surface area (Å²) >= 11 is 0. The van der Waals surface area contributed by atoms with Gasteiger partial charge in [-0.2, -0.15) is 31.4 Å². The van der Waals surface area contributed by atoms with Crippen LogP contribution in [0.4, 0.5) is 30.7 Å². The van der Waals surface area contributed by atoms with Crippen LogP contribution in [0.5, 0.6) is 0 Å². The van der Waals surface area contributed by atoms with E-state index in [1.165, 1.54) is 24.3 Å². The SMILES string of the molecule is O=c1[nH]nc(CN2CCOC(OCc3cc(C(F)(F)F)cc(C(F)(F)F)c3)C2c2ccc(F)cc2)[nH]1. The van der Waals surface area contributed by atoms with Crippen LogP contribution in [-0.4, -0.2) is 39.5 Å². The molecule has 1 aliphatic heterocycles. The number of aromatic nitrogens is 3. The summed E-state index contributed by atoms with van der Waals surface area (Å²) in [4.78, 5) is 15.7. The Hall–Kier alpha value is -3.23. The molecule has 4 rings (SSSR count). The number of rotatable bonds is 6. The lowest BCUT2D eigenvalue weighted by Crippen LogP contribution is -2.46. The molecule has 7 nitrogen and oxygen atoms in total. The number of H-pyrrole nitrogens is 2. The maximum absolute atomic E-state index is 13.5. The number of alkyl halides is 6. The molecule has 0 saturated carbocycles. The molecule has 1 fully saturated rings. The number of benzene rings is 2. The van der Waals surface area contributed by atoms with E-state index in [1.54, 1.807) is 4.90 Å². The van der Waals surface area contributed by atoms with Gasteiger partial charge in [0.2, 0.25) is 0 Å². The van der Waals surface area contributed by atoms with Crippen LogP contribution in [0.1, 0.15) is 34.1 Å². The molecule has 2 atom stereocenters. The Morgan fingerprint density at radius 3 is 2.22 bits per heavy atom. The molecule has 0 aliphatic carbocycles. The first-order chi connectivity index (χ1) is 16.9. The van der Waals surface area contributed by atoms with Gasteiger partial charge in [-0.15, -0.1) is 0 Å². The zero-order chi connectivity index (χ0) is 26.1. The second-order valence-electron chi connectivity index (χ2n) is 8.06. The predicted octanol–water partition coefficient (Wildman–Crippen LogP) is 4.39. The number of hydrogen-bond acceptors (Lipinski definition) is 5. The zero-order valence-electron chi connectivity index (χ0n) is 18.3. The normalized spacial score (nSPS) is 19.5. The van der Waals surface area contributed by atoms with Crippen molar-refractivity contribution >= 4 is 0 Å². The highest BCUT2D eigenvalue weighted by atomic mass is 19.4. The molecule has 194 valence electrons. The molecular weight excluding hydrogens is 501 g/mol. The van der Waals surface area contributed by atoms with Gasteiger partial charge in [0.05, 0.1) is 36.9 Å². The predicted molar refractivity (Wildman–Crippen MR) is 110 cm³/mol. The van der Waals surface area contributed by atoms with Crippen LogP contribution >= 0.6 is 0 Å². The second kappa shape index (κ2) is 10.0. The maximum atomic E-state index is 13.5. The Balaban J connectivity index is 1.61. The van der Waals surface area contributed by atoms with Crippen LogP contribution in [0.15, 0.2) is 47.3 Å². The van der Waals surface area contributed by atoms with E-state index in [-0.39, 0.29) is 30.6 Å². The summed E-state index contributed by atoms with van der Waals surface area (Å²) in [7, 11) is 0. The number of hydrogen-bond donors (Lipinski definition) is 2. The van der Waals surface area contributed by atoms with E-state index in [4.69, 9.17) is 9.47 Å². The minimum absolute atomic E-state index is 0.0360. The Morgan fingerprint density at radius 1 is 1.03 bits per heavy atom. The second-order valence-corrected chi connectivity index (χ2v) is 8.06. The van der Waals surface area contributed by atoms with Gasteiger partial charge >= 0.3 is 18.0 Å². The summed E-state index contributed by atoms with van der Waals surface area (Å²) in [5.41, 5.74) is -3.29. The first kappa shape index (κ1) is 25.9. The average molecular weight is 520 g/mol. The molecule has 1 aromatic heterocycles. The Labute approximate surface area is 198 Å². The van der Waals surface area contributed by atoms with E-state index < -0.39 is 53.9 Å². The van der Waals surface area contributed by atoms with Crippen molar-refractivity contribution in [2.45, 2.75) is 37.8 Å². The van der Waals surface area contributed by atoms with E-state index in [2.05, 4.69) is 15.2 Å². The third-order valence-electron chi connectivity index (χ3n) is 5.49. The van der Waals surface area contributed by atoms with Crippen molar-refractivity contribution in [3.8, 4) is 0 Å². The smallest absolute Gasteiger partial charge is 0.349 e. The highest BCUT2D eigenvalue weighted by molar-refractivity contribution is 5.33. The van der Waals surface area contributed by atoms with Gasteiger partial charge in [0.1, 0.15) is 11.6 Å². The van der Waals surface area contributed by atoms with Crippen LogP contribution in [0.25, 0.3) is 0 Å². The fourth-order valence-electron chi connectivity index (χ4n) is 3.89. The van der Waals surface area contributed by atoms with Crippen molar-refractivity contribution in [1.29, 1.82) is 0 Å². The van der Waals surface area contributed by atoms with Gasteiger partial charge in [-0.05, 0) is 41.5 Å². The van der Waals surface area contributed by atoms with Gasteiger partial charge < -0.3 is 9.47 Å². The first-order valence-corrected chi connectivity index (χ1v) is 10.5. The fourth-order valence-corrected chi connectivity index (χ4v) is 3.89. The molecule has 0 spiro atoms. The lowest BCUT2D eigenvalue weighted by atomic mass is 10.0. The molecule has 2 heterocycles. The largest absolute Gasteiger partial charge is 0.416 e. The van der Waals surface area contributed by atoms with Crippen LogP contribution in [0.2, 0.25) is 0 Å². The summed E-state index contributed by atoms with van der Waals surface area (Å²) in [6, 6.07) is 5.75. The molecule has 2 unspecified atom stereocenters. The Bertz CT molecular complexity index is 1210. The number of halogens is 7. The molecule has 14 heteroatoms. The third kappa shape index (κ3) is 6.12. The van der Waals surface area contributed by atoms with Crippen LogP contribution in [0, 0.1) is 5.82 Å². The summed E-state index contributed by atoms with van der Waals surface area (Å²) in [6.45, 7) is -0.0970. The van der Waals surface area contributed by atoms with Gasteiger partial charge in [0.15, 0.2) is 6.29 Å². The minimum Gasteiger partial charge on any atom is -0.349 e. The molecule has 2 N–H and O–H groups in total. The topological polar surface area (TPSA) is 83.2 Å². The number of nitrogens with one attached hydrogen (secondary N) is 2. The summed E-state index contributed by atoms with van der Waals surface area (Å²) in [5.74, 6) is -0.236. The molecule has 36 heavy (non-hydrogen) atoms. The summed E-state index contributed by atoms with van der Waals surface area (Å²) in [5, 5.41) is 6.08. The molecule has 2 aromatic carbocycles. The number of ether oxygens (including phenoxy) is 2. The van der Waals surface area contributed by atoms with Crippen LogP contribution in [-0.2, 0) is 35.0 Å². The Morgan fingerprint density at radius 2 is 1.67 bits per heavy atom. The summed E-state index contributed by atoms with van der Waals surface area (Å²) in [6.07, 6.45) is -11.1. The average Bonchev–Trinajstić information content (AvgIpc) is 3.21. The van der Waals surface area contributed by atoms with Crippen molar-refractivity contribution in [1.82, 2.24) is 20.1 Å². The van der Waals surface area contributed by atoms with Crippen molar-refractivity contribution in [3.05, 3.63) is 86.8 Å². The van der Waals surface area contributed by atoms with Gasteiger partial charge in [0, 0.05) is 6.54 Å². The lowest BCUT2D eigenvalue weighted by molar-refractivity contribution is -0.218. The van der Waals surface area contributed by atoms with E-state index in [0.717, 1.165) is 0 Å². The Kier molecular flexibility index (Phi) is 7.20.